The predicted molar refractivity (Wildman–Crippen MR) is 126 cm³/mol. The molecule has 1 amide bonds. The number of nitro groups is 1. The average Bonchev–Trinajstić information content (AvgIpc) is 3.17. The Kier molecular flexibility index (Phi) is 7.10. The summed E-state index contributed by atoms with van der Waals surface area (Å²) in [5.74, 6) is -2.44. The molecule has 1 aromatic carbocycles. The van der Waals surface area contributed by atoms with Crippen molar-refractivity contribution in [1.29, 1.82) is 0 Å². The summed E-state index contributed by atoms with van der Waals surface area (Å²) < 4.78 is 10.2. The number of aromatic nitrogens is 1. The van der Waals surface area contributed by atoms with Crippen LogP contribution >= 0.6 is 11.8 Å². The van der Waals surface area contributed by atoms with Crippen LogP contribution in [0.4, 0.5) is 16.2 Å². The lowest BCUT2D eigenvalue weighted by Crippen LogP contribution is -2.61. The Balaban J connectivity index is 1.32. The molecule has 188 valence electrons. The van der Waals surface area contributed by atoms with E-state index >= 15 is 0 Å². The highest BCUT2D eigenvalue weighted by molar-refractivity contribution is 8.03. The number of benzene rings is 1. The van der Waals surface area contributed by atoms with Gasteiger partial charge < -0.3 is 25.2 Å². The summed E-state index contributed by atoms with van der Waals surface area (Å²) in [6.07, 6.45) is 2.43. The molecule has 12 nitrogen and oxygen atoms in total. The van der Waals surface area contributed by atoms with Gasteiger partial charge in [-0.2, -0.15) is 0 Å². The minimum Gasteiger partial charge on any atom is -0.477 e. The van der Waals surface area contributed by atoms with E-state index in [-0.39, 0.29) is 42.5 Å². The molecule has 1 fully saturated rings. The number of hydrogen-bond donors (Lipinski definition) is 2. The average molecular weight is 515 g/mol. The van der Waals surface area contributed by atoms with Crippen molar-refractivity contribution in [2.75, 3.05) is 12.3 Å². The lowest BCUT2D eigenvalue weighted by molar-refractivity contribution is -0.384. The number of β-lactam (4-membered cyclic amide) rings is 1. The molecule has 0 radical (unpaired) electrons. The van der Waals surface area contributed by atoms with E-state index in [1.54, 1.807) is 19.2 Å². The van der Waals surface area contributed by atoms with Crippen molar-refractivity contribution in [3.05, 3.63) is 69.0 Å². The van der Waals surface area contributed by atoms with Crippen LogP contribution in [-0.4, -0.2) is 50.6 Å². The second kappa shape index (κ2) is 10.2. The number of carbonyl (C=O) groups excluding carboxylic acids is 2. The van der Waals surface area contributed by atoms with E-state index in [2.05, 4.69) is 4.98 Å². The van der Waals surface area contributed by atoms with Crippen LogP contribution in [0, 0.1) is 22.0 Å². The first kappa shape index (κ1) is 25.0. The summed E-state index contributed by atoms with van der Waals surface area (Å²) in [6.45, 7) is 1.52. The van der Waals surface area contributed by atoms with E-state index in [1.807, 2.05) is 0 Å². The zero-order valence-electron chi connectivity index (χ0n) is 19.0. The second-order valence-corrected chi connectivity index (χ2v) is 9.49. The molecule has 3 atom stereocenters. The number of aliphatic carboxylic acids is 1. The van der Waals surface area contributed by atoms with E-state index in [9.17, 15) is 29.6 Å². The molecular weight excluding hydrogens is 492 g/mol. The molecule has 0 saturated carbocycles. The van der Waals surface area contributed by atoms with Gasteiger partial charge in [-0.1, -0.05) is 18.7 Å². The van der Waals surface area contributed by atoms with E-state index in [1.165, 1.54) is 47.1 Å². The molecule has 4 rings (SSSR count). The summed E-state index contributed by atoms with van der Waals surface area (Å²) in [7, 11) is 0. The largest absolute Gasteiger partial charge is 0.508 e. The number of ether oxygens (including phenoxy) is 2. The number of nitrogen functional groups attached to an aromatic ring is 1. The van der Waals surface area contributed by atoms with Crippen LogP contribution in [0.2, 0.25) is 0 Å². The lowest BCUT2D eigenvalue weighted by Gasteiger charge is -2.45. The number of thioether (sulfide) groups is 1. The molecule has 1 unspecified atom stereocenters. The second-order valence-electron chi connectivity index (χ2n) is 8.35. The number of nitrogens with zero attached hydrogens (tertiary/aromatic N) is 3. The standard InChI is InChI=1S/C23H22N4O8S/c1-12(10-34-23(31)35-11-13-2-4-14(5-3-13)27(32)33)19-16-8-18(20(22(29)30)26(16)21(19)28)36-17-6-7-25-9-15(17)24/h2-7,9,12,16,19H,8,10-11,24H2,1H3,(H,29,30)/t12?,16-,19-/m1/s1. The van der Waals surface area contributed by atoms with Gasteiger partial charge in [-0.05, 0) is 23.8 Å². The number of anilines is 1. The molecule has 2 aromatic rings. The van der Waals surface area contributed by atoms with Gasteiger partial charge in [-0.25, -0.2) is 9.59 Å². The zero-order chi connectivity index (χ0) is 26.0. The van der Waals surface area contributed by atoms with Crippen LogP contribution in [0.3, 0.4) is 0 Å². The molecule has 0 aliphatic carbocycles. The van der Waals surface area contributed by atoms with E-state index < -0.39 is 23.0 Å². The maximum Gasteiger partial charge on any atom is 0.508 e. The third-order valence-corrected chi connectivity index (χ3v) is 7.19. The van der Waals surface area contributed by atoms with Crippen LogP contribution in [0.25, 0.3) is 0 Å². The summed E-state index contributed by atoms with van der Waals surface area (Å²) in [5, 5.41) is 20.4. The number of carboxylic acid groups (broad SMARTS) is 1. The van der Waals surface area contributed by atoms with Crippen LogP contribution in [0.5, 0.6) is 0 Å². The molecular formula is C23H22N4O8S. The van der Waals surface area contributed by atoms with Gasteiger partial charge in [0, 0.05) is 40.5 Å². The number of nitro benzene ring substituents is 1. The van der Waals surface area contributed by atoms with Crippen LogP contribution in [0.1, 0.15) is 18.9 Å². The molecule has 2 aliphatic rings. The summed E-state index contributed by atoms with van der Waals surface area (Å²) >= 11 is 1.20. The van der Waals surface area contributed by atoms with Gasteiger partial charge in [0.15, 0.2) is 0 Å². The van der Waals surface area contributed by atoms with Gasteiger partial charge in [0.2, 0.25) is 5.91 Å². The lowest BCUT2D eigenvalue weighted by atomic mass is 9.78. The molecule has 3 heterocycles. The molecule has 3 N–H and O–H groups in total. The SMILES string of the molecule is CC(COC(=O)OCc1ccc([N+](=O)[O-])cc1)[C@H]1C(=O)N2C(C(=O)O)=C(Sc3ccncc3N)C[C@H]12. The summed E-state index contributed by atoms with van der Waals surface area (Å²) in [5.41, 5.74) is 6.76. The number of nitrogens with two attached hydrogens (primary N) is 1. The van der Waals surface area contributed by atoms with Crippen molar-refractivity contribution in [1.82, 2.24) is 9.88 Å². The van der Waals surface area contributed by atoms with Crippen molar-refractivity contribution in [3.8, 4) is 0 Å². The first-order valence-electron chi connectivity index (χ1n) is 10.9. The Morgan fingerprint density at radius 1 is 1.31 bits per heavy atom. The molecule has 1 aromatic heterocycles. The smallest absolute Gasteiger partial charge is 0.477 e. The minimum atomic E-state index is -1.20. The normalized spacial score (nSPS) is 19.4. The first-order valence-corrected chi connectivity index (χ1v) is 11.7. The molecule has 2 aliphatic heterocycles. The number of carboxylic acids is 1. The zero-order valence-corrected chi connectivity index (χ0v) is 19.8. The Morgan fingerprint density at radius 2 is 2.03 bits per heavy atom. The highest BCUT2D eigenvalue weighted by Gasteiger charge is 2.57. The van der Waals surface area contributed by atoms with Crippen molar-refractivity contribution >= 4 is 41.2 Å². The Bertz CT molecular complexity index is 1250. The Labute approximate surface area is 209 Å². The van der Waals surface area contributed by atoms with Gasteiger partial charge >= 0.3 is 12.1 Å². The number of amides is 1. The first-order chi connectivity index (χ1) is 17.2. The Morgan fingerprint density at radius 3 is 2.67 bits per heavy atom. The van der Waals surface area contributed by atoms with Crippen LogP contribution in [-0.2, 0) is 25.7 Å². The third kappa shape index (κ3) is 4.96. The molecule has 0 spiro atoms. The van der Waals surface area contributed by atoms with Crippen molar-refractivity contribution < 1.29 is 33.9 Å². The number of pyridine rings is 1. The van der Waals surface area contributed by atoms with E-state index in [0.717, 1.165) is 0 Å². The predicted octanol–water partition coefficient (Wildman–Crippen LogP) is 3.18. The highest BCUT2D eigenvalue weighted by atomic mass is 32.2. The number of carbonyl (C=O) groups is 3. The quantitative estimate of drug-likeness (QED) is 0.217. The van der Waals surface area contributed by atoms with Crippen molar-refractivity contribution in [2.24, 2.45) is 11.8 Å². The fourth-order valence-electron chi connectivity index (χ4n) is 4.24. The topological polar surface area (TPSA) is 175 Å². The van der Waals surface area contributed by atoms with Crippen LogP contribution in [0.15, 0.2) is 58.2 Å². The molecule has 1 saturated heterocycles. The monoisotopic (exact) mass is 514 g/mol. The van der Waals surface area contributed by atoms with Crippen LogP contribution < -0.4 is 5.73 Å². The van der Waals surface area contributed by atoms with Gasteiger partial charge in [-0.15, -0.1) is 0 Å². The van der Waals surface area contributed by atoms with Gasteiger partial charge in [0.1, 0.15) is 12.3 Å². The third-order valence-electron chi connectivity index (χ3n) is 6.00. The fourth-order valence-corrected chi connectivity index (χ4v) is 5.34. The Hall–Kier alpha value is -4.13. The molecule has 36 heavy (non-hydrogen) atoms. The van der Waals surface area contributed by atoms with Gasteiger partial charge in [0.05, 0.1) is 35.4 Å². The maximum absolute atomic E-state index is 12.9. The van der Waals surface area contributed by atoms with E-state index in [0.29, 0.717) is 27.5 Å². The summed E-state index contributed by atoms with van der Waals surface area (Å²) in [4.78, 5) is 53.4. The van der Waals surface area contributed by atoms with Crippen molar-refractivity contribution in [2.45, 2.75) is 30.9 Å². The number of fused-ring (bicyclic) bond motifs is 1. The van der Waals surface area contributed by atoms with Gasteiger partial charge in [-0.3, -0.25) is 19.9 Å². The number of non-ortho nitro benzene ring substituents is 1. The maximum atomic E-state index is 12.9. The number of rotatable bonds is 9. The fraction of sp³-hybridized carbons (Fsp3) is 0.304. The molecule has 0 bridgehead atoms. The minimum absolute atomic E-state index is 0.0573. The highest BCUT2D eigenvalue weighted by Crippen LogP contribution is 2.50. The van der Waals surface area contributed by atoms with E-state index in [4.69, 9.17) is 15.2 Å². The van der Waals surface area contributed by atoms with Crippen molar-refractivity contribution in [3.63, 3.8) is 0 Å². The molecule has 13 heteroatoms. The summed E-state index contributed by atoms with van der Waals surface area (Å²) in [6, 6.07) is 6.87. The number of hydrogen-bond acceptors (Lipinski definition) is 10. The van der Waals surface area contributed by atoms with Gasteiger partial charge in [0.25, 0.3) is 5.69 Å².